The van der Waals surface area contributed by atoms with Crippen molar-refractivity contribution in [3.05, 3.63) is 70.4 Å². The Morgan fingerprint density at radius 3 is 2.46 bits per heavy atom. The van der Waals surface area contributed by atoms with Crippen molar-refractivity contribution in [2.45, 2.75) is 6.92 Å². The third-order valence-corrected chi connectivity index (χ3v) is 3.87. The standard InChI is InChI=1S/C18H14ClN3O2/c1-10-15(9-12-8-13(19)4-7-16(12)21-10)18(24)22-14-5-2-11(3-6-14)17(20)23/h2-9H,1H3,(H2,20,23)(H,22,24). The fourth-order valence-corrected chi connectivity index (χ4v) is 2.57. The molecule has 0 radical (unpaired) electrons. The third kappa shape index (κ3) is 3.21. The molecule has 1 heterocycles. The van der Waals surface area contributed by atoms with Crippen molar-refractivity contribution in [1.29, 1.82) is 0 Å². The quantitative estimate of drug-likeness (QED) is 0.765. The van der Waals surface area contributed by atoms with E-state index in [-0.39, 0.29) is 5.91 Å². The van der Waals surface area contributed by atoms with Crippen LogP contribution in [0.3, 0.4) is 0 Å². The zero-order valence-electron chi connectivity index (χ0n) is 12.8. The maximum atomic E-state index is 12.5. The van der Waals surface area contributed by atoms with Gasteiger partial charge in [0, 0.05) is 21.7 Å². The van der Waals surface area contributed by atoms with Crippen LogP contribution in [0.1, 0.15) is 26.4 Å². The molecule has 0 aliphatic heterocycles. The van der Waals surface area contributed by atoms with Gasteiger partial charge in [0.25, 0.3) is 5.91 Å². The summed E-state index contributed by atoms with van der Waals surface area (Å²) in [6.07, 6.45) is 0. The van der Waals surface area contributed by atoms with E-state index in [0.29, 0.717) is 27.5 Å². The van der Waals surface area contributed by atoms with Crippen molar-refractivity contribution in [3.8, 4) is 0 Å². The molecule has 3 N–H and O–H groups in total. The summed E-state index contributed by atoms with van der Waals surface area (Å²) in [5, 5.41) is 4.16. The van der Waals surface area contributed by atoms with Crippen LogP contribution in [0.5, 0.6) is 0 Å². The lowest BCUT2D eigenvalue weighted by Crippen LogP contribution is -2.15. The molecule has 5 nitrogen and oxygen atoms in total. The van der Waals surface area contributed by atoms with Crippen LogP contribution in [0, 0.1) is 6.92 Å². The smallest absolute Gasteiger partial charge is 0.257 e. The first-order valence-electron chi connectivity index (χ1n) is 7.22. The van der Waals surface area contributed by atoms with Gasteiger partial charge in [0.15, 0.2) is 0 Å². The highest BCUT2D eigenvalue weighted by Gasteiger charge is 2.12. The number of nitrogens with two attached hydrogens (primary N) is 1. The number of nitrogens with one attached hydrogen (secondary N) is 1. The van der Waals surface area contributed by atoms with E-state index in [1.54, 1.807) is 49.4 Å². The summed E-state index contributed by atoms with van der Waals surface area (Å²) in [6.45, 7) is 1.78. The zero-order chi connectivity index (χ0) is 17.3. The first-order chi connectivity index (χ1) is 11.4. The molecule has 0 bridgehead atoms. The number of rotatable bonds is 3. The second kappa shape index (κ2) is 6.29. The number of carbonyl (C=O) groups is 2. The van der Waals surface area contributed by atoms with Crippen LogP contribution in [0.15, 0.2) is 48.5 Å². The van der Waals surface area contributed by atoms with E-state index in [1.807, 2.05) is 6.07 Å². The van der Waals surface area contributed by atoms with E-state index in [4.69, 9.17) is 17.3 Å². The first-order valence-corrected chi connectivity index (χ1v) is 7.60. The van der Waals surface area contributed by atoms with Crippen LogP contribution in [-0.4, -0.2) is 16.8 Å². The van der Waals surface area contributed by atoms with Crippen molar-refractivity contribution < 1.29 is 9.59 Å². The Hall–Kier alpha value is -2.92. The predicted octanol–water partition coefficient (Wildman–Crippen LogP) is 3.55. The Morgan fingerprint density at radius 1 is 1.08 bits per heavy atom. The monoisotopic (exact) mass is 339 g/mol. The van der Waals surface area contributed by atoms with Crippen molar-refractivity contribution in [2.24, 2.45) is 5.73 Å². The summed E-state index contributed by atoms with van der Waals surface area (Å²) in [6, 6.07) is 13.5. The predicted molar refractivity (Wildman–Crippen MR) is 94.4 cm³/mol. The topological polar surface area (TPSA) is 85.1 Å². The number of halogens is 1. The van der Waals surface area contributed by atoms with Crippen molar-refractivity contribution in [2.75, 3.05) is 5.32 Å². The van der Waals surface area contributed by atoms with Crippen molar-refractivity contribution in [1.82, 2.24) is 4.98 Å². The molecule has 0 atom stereocenters. The molecule has 0 aliphatic carbocycles. The Morgan fingerprint density at radius 2 is 1.79 bits per heavy atom. The van der Waals surface area contributed by atoms with Gasteiger partial charge in [0.1, 0.15) is 0 Å². The van der Waals surface area contributed by atoms with E-state index in [1.165, 1.54) is 0 Å². The lowest BCUT2D eigenvalue weighted by molar-refractivity contribution is 0.0998. The van der Waals surface area contributed by atoms with Crippen LogP contribution in [0.25, 0.3) is 10.9 Å². The molecule has 0 saturated heterocycles. The number of fused-ring (bicyclic) bond motifs is 1. The molecular weight excluding hydrogens is 326 g/mol. The Labute approximate surface area is 143 Å². The molecule has 120 valence electrons. The lowest BCUT2D eigenvalue weighted by atomic mass is 10.1. The molecule has 3 rings (SSSR count). The molecule has 0 fully saturated rings. The minimum Gasteiger partial charge on any atom is -0.366 e. The number of aromatic nitrogens is 1. The maximum absolute atomic E-state index is 12.5. The molecule has 1 aromatic heterocycles. The van der Waals surface area contributed by atoms with Gasteiger partial charge in [0.05, 0.1) is 16.8 Å². The molecule has 2 aromatic carbocycles. The number of hydrogen-bond donors (Lipinski definition) is 2. The Balaban J connectivity index is 1.90. The fraction of sp³-hybridized carbons (Fsp3) is 0.0556. The van der Waals surface area contributed by atoms with E-state index in [0.717, 1.165) is 10.9 Å². The van der Waals surface area contributed by atoms with Gasteiger partial charge in [0.2, 0.25) is 5.91 Å². The minimum absolute atomic E-state index is 0.284. The SMILES string of the molecule is Cc1nc2ccc(Cl)cc2cc1C(=O)Nc1ccc(C(N)=O)cc1. The van der Waals surface area contributed by atoms with Crippen molar-refractivity contribution in [3.63, 3.8) is 0 Å². The molecule has 6 heteroatoms. The number of carbonyl (C=O) groups excluding carboxylic acids is 2. The van der Waals surface area contributed by atoms with Crippen LogP contribution < -0.4 is 11.1 Å². The maximum Gasteiger partial charge on any atom is 0.257 e. The highest BCUT2D eigenvalue weighted by molar-refractivity contribution is 6.31. The second-order valence-electron chi connectivity index (χ2n) is 5.35. The van der Waals surface area contributed by atoms with Gasteiger partial charge < -0.3 is 11.1 Å². The molecule has 2 amide bonds. The average molecular weight is 340 g/mol. The Bertz CT molecular complexity index is 952. The van der Waals surface area contributed by atoms with E-state index >= 15 is 0 Å². The lowest BCUT2D eigenvalue weighted by Gasteiger charge is -2.09. The van der Waals surface area contributed by atoms with Gasteiger partial charge >= 0.3 is 0 Å². The van der Waals surface area contributed by atoms with E-state index < -0.39 is 5.91 Å². The summed E-state index contributed by atoms with van der Waals surface area (Å²) >= 11 is 5.99. The van der Waals surface area contributed by atoms with Gasteiger partial charge in [-0.25, -0.2) is 0 Å². The normalized spacial score (nSPS) is 10.6. The van der Waals surface area contributed by atoms with Crippen LogP contribution >= 0.6 is 11.6 Å². The summed E-state index contributed by atoms with van der Waals surface area (Å²) in [7, 11) is 0. The fourth-order valence-electron chi connectivity index (χ4n) is 2.39. The van der Waals surface area contributed by atoms with Crippen LogP contribution in [0.4, 0.5) is 5.69 Å². The van der Waals surface area contributed by atoms with Crippen LogP contribution in [0.2, 0.25) is 5.02 Å². The molecule has 0 unspecified atom stereocenters. The number of hydrogen-bond acceptors (Lipinski definition) is 3. The van der Waals surface area contributed by atoms with Crippen molar-refractivity contribution >= 4 is 40.0 Å². The number of aryl methyl sites for hydroxylation is 1. The van der Waals surface area contributed by atoms with Gasteiger partial charge in [-0.3, -0.25) is 14.6 Å². The van der Waals surface area contributed by atoms with Gasteiger partial charge in [-0.05, 0) is 55.5 Å². The zero-order valence-corrected chi connectivity index (χ0v) is 13.6. The average Bonchev–Trinajstić information content (AvgIpc) is 2.55. The highest BCUT2D eigenvalue weighted by Crippen LogP contribution is 2.21. The second-order valence-corrected chi connectivity index (χ2v) is 5.79. The third-order valence-electron chi connectivity index (χ3n) is 3.64. The van der Waals surface area contributed by atoms with Gasteiger partial charge in [-0.2, -0.15) is 0 Å². The van der Waals surface area contributed by atoms with E-state index in [2.05, 4.69) is 10.3 Å². The summed E-state index contributed by atoms with van der Waals surface area (Å²) in [5.74, 6) is -0.798. The summed E-state index contributed by atoms with van der Waals surface area (Å²) < 4.78 is 0. The number of anilines is 1. The number of primary amides is 1. The van der Waals surface area contributed by atoms with Gasteiger partial charge in [-0.15, -0.1) is 0 Å². The summed E-state index contributed by atoms with van der Waals surface area (Å²) in [4.78, 5) is 28.0. The first kappa shape index (κ1) is 16.0. The number of pyridine rings is 1. The molecule has 24 heavy (non-hydrogen) atoms. The summed E-state index contributed by atoms with van der Waals surface area (Å²) in [5.41, 5.74) is 8.00. The number of nitrogens with zero attached hydrogens (tertiary/aromatic N) is 1. The molecule has 3 aromatic rings. The molecule has 0 spiro atoms. The van der Waals surface area contributed by atoms with E-state index in [9.17, 15) is 9.59 Å². The Kier molecular flexibility index (Phi) is 4.18. The minimum atomic E-state index is -0.515. The molecular formula is C18H14ClN3O2. The largest absolute Gasteiger partial charge is 0.366 e. The molecule has 0 aliphatic rings. The number of benzene rings is 2. The highest BCUT2D eigenvalue weighted by atomic mass is 35.5. The molecule has 0 saturated carbocycles. The van der Waals surface area contributed by atoms with Crippen LogP contribution in [-0.2, 0) is 0 Å². The number of amides is 2. The van der Waals surface area contributed by atoms with Gasteiger partial charge in [-0.1, -0.05) is 11.6 Å².